The molecule has 0 amide bonds. The lowest BCUT2D eigenvalue weighted by Gasteiger charge is -2.11. The standard InChI is InChI=1S/C28H22O3/c29-26-18-22-11-9-21(8-4-7-20-10-12-27-23(15-20)13-14-31-27)16-24(22)28(30)25(26)17-19-5-2-1-3-6-19/h1-3,5-6,9-12,15-16,18,29-30H,7,13-14,17H2. The molecule has 4 aromatic rings. The molecule has 31 heavy (non-hydrogen) atoms. The first-order chi connectivity index (χ1) is 15.2. The summed E-state index contributed by atoms with van der Waals surface area (Å²) in [6.45, 7) is 0.757. The van der Waals surface area contributed by atoms with Crippen LogP contribution in [0.4, 0.5) is 0 Å². The molecule has 0 spiro atoms. The predicted molar refractivity (Wildman–Crippen MR) is 123 cm³/mol. The molecule has 2 N–H and O–H groups in total. The number of benzene rings is 4. The van der Waals surface area contributed by atoms with Gasteiger partial charge in [0.15, 0.2) is 0 Å². The molecular formula is C28H22O3. The summed E-state index contributed by atoms with van der Waals surface area (Å²) in [6.07, 6.45) is 2.08. The van der Waals surface area contributed by atoms with Gasteiger partial charge in [-0.2, -0.15) is 0 Å². The topological polar surface area (TPSA) is 49.7 Å². The monoisotopic (exact) mass is 406 g/mol. The zero-order chi connectivity index (χ0) is 21.2. The summed E-state index contributed by atoms with van der Waals surface area (Å²) >= 11 is 0. The summed E-state index contributed by atoms with van der Waals surface area (Å²) in [4.78, 5) is 0. The van der Waals surface area contributed by atoms with Crippen molar-refractivity contribution < 1.29 is 14.9 Å². The van der Waals surface area contributed by atoms with E-state index in [1.807, 2.05) is 54.6 Å². The van der Waals surface area contributed by atoms with Crippen molar-refractivity contribution in [2.24, 2.45) is 0 Å². The highest BCUT2D eigenvalue weighted by Crippen LogP contribution is 2.37. The van der Waals surface area contributed by atoms with Crippen molar-refractivity contribution in [3.63, 3.8) is 0 Å². The molecule has 4 aromatic carbocycles. The first kappa shape index (κ1) is 19.1. The van der Waals surface area contributed by atoms with Crippen molar-refractivity contribution in [3.8, 4) is 29.1 Å². The maximum absolute atomic E-state index is 10.9. The normalized spacial score (nSPS) is 12.1. The van der Waals surface area contributed by atoms with Crippen LogP contribution >= 0.6 is 0 Å². The highest BCUT2D eigenvalue weighted by atomic mass is 16.5. The molecule has 152 valence electrons. The predicted octanol–water partition coefficient (Wildman–Crippen LogP) is 5.37. The zero-order valence-electron chi connectivity index (χ0n) is 17.1. The number of ether oxygens (including phenoxy) is 1. The number of phenolic OH excluding ortho intramolecular Hbond substituents is 2. The Morgan fingerprint density at radius 3 is 2.61 bits per heavy atom. The summed E-state index contributed by atoms with van der Waals surface area (Å²) < 4.78 is 5.56. The Kier molecular flexibility index (Phi) is 4.98. The van der Waals surface area contributed by atoms with Gasteiger partial charge in [0.1, 0.15) is 17.2 Å². The van der Waals surface area contributed by atoms with Crippen LogP contribution < -0.4 is 4.74 Å². The van der Waals surface area contributed by atoms with E-state index in [9.17, 15) is 10.2 Å². The Labute approximate surface area is 181 Å². The van der Waals surface area contributed by atoms with Crippen LogP contribution in [0.25, 0.3) is 10.8 Å². The lowest BCUT2D eigenvalue weighted by atomic mass is 9.97. The number of rotatable bonds is 3. The molecule has 0 fully saturated rings. The van der Waals surface area contributed by atoms with Crippen molar-refractivity contribution in [3.05, 3.63) is 101 Å². The Balaban J connectivity index is 1.42. The second kappa shape index (κ2) is 8.08. The molecule has 0 bridgehead atoms. The fraction of sp³-hybridized carbons (Fsp3) is 0.143. The molecule has 0 aliphatic carbocycles. The van der Waals surface area contributed by atoms with Gasteiger partial charge in [0.05, 0.1) is 6.61 Å². The Morgan fingerprint density at radius 1 is 0.871 bits per heavy atom. The van der Waals surface area contributed by atoms with Crippen molar-refractivity contribution >= 4 is 10.8 Å². The van der Waals surface area contributed by atoms with Crippen LogP contribution in [0.5, 0.6) is 17.2 Å². The highest BCUT2D eigenvalue weighted by Gasteiger charge is 2.14. The fourth-order valence-electron chi connectivity index (χ4n) is 4.06. The van der Waals surface area contributed by atoms with Gasteiger partial charge in [0.25, 0.3) is 0 Å². The first-order valence-corrected chi connectivity index (χ1v) is 10.4. The van der Waals surface area contributed by atoms with Gasteiger partial charge in [0.2, 0.25) is 0 Å². The molecule has 1 aliphatic heterocycles. The molecule has 0 atom stereocenters. The van der Waals surface area contributed by atoms with Gasteiger partial charge in [-0.3, -0.25) is 0 Å². The molecule has 0 saturated heterocycles. The molecule has 3 nitrogen and oxygen atoms in total. The molecule has 5 rings (SSSR count). The van der Waals surface area contributed by atoms with Gasteiger partial charge < -0.3 is 14.9 Å². The summed E-state index contributed by atoms with van der Waals surface area (Å²) in [5.41, 5.74) is 4.83. The van der Waals surface area contributed by atoms with Gasteiger partial charge in [-0.1, -0.05) is 60.4 Å². The Hall–Kier alpha value is -3.90. The van der Waals surface area contributed by atoms with E-state index in [-0.39, 0.29) is 11.5 Å². The third-order valence-electron chi connectivity index (χ3n) is 5.70. The van der Waals surface area contributed by atoms with Gasteiger partial charge in [0, 0.05) is 35.8 Å². The average Bonchev–Trinajstić information content (AvgIpc) is 3.26. The van der Waals surface area contributed by atoms with Crippen molar-refractivity contribution in [1.29, 1.82) is 0 Å². The summed E-state index contributed by atoms with van der Waals surface area (Å²) in [6, 6.07) is 23.5. The van der Waals surface area contributed by atoms with E-state index in [1.165, 1.54) is 11.1 Å². The smallest absolute Gasteiger partial charge is 0.130 e. The van der Waals surface area contributed by atoms with Crippen LogP contribution in [0.2, 0.25) is 0 Å². The minimum absolute atomic E-state index is 0.105. The van der Waals surface area contributed by atoms with Crippen LogP contribution in [-0.2, 0) is 19.3 Å². The molecule has 1 heterocycles. The van der Waals surface area contributed by atoms with Gasteiger partial charge in [-0.05, 0) is 46.3 Å². The summed E-state index contributed by atoms with van der Waals surface area (Å²) in [7, 11) is 0. The third-order valence-corrected chi connectivity index (χ3v) is 5.70. The van der Waals surface area contributed by atoms with Crippen molar-refractivity contribution in [2.75, 3.05) is 6.61 Å². The SMILES string of the molecule is Oc1cc2ccc(C#CCc3ccc4c(c3)CCO4)cc2c(O)c1Cc1ccccc1. The maximum Gasteiger partial charge on any atom is 0.130 e. The van der Waals surface area contributed by atoms with E-state index >= 15 is 0 Å². The number of hydrogen-bond acceptors (Lipinski definition) is 3. The van der Waals surface area contributed by atoms with E-state index in [2.05, 4.69) is 24.0 Å². The lowest BCUT2D eigenvalue weighted by Crippen LogP contribution is -1.91. The van der Waals surface area contributed by atoms with Crippen LogP contribution in [0.3, 0.4) is 0 Å². The van der Waals surface area contributed by atoms with E-state index in [0.29, 0.717) is 23.8 Å². The number of aromatic hydroxyl groups is 2. The fourth-order valence-corrected chi connectivity index (χ4v) is 4.06. The number of fused-ring (bicyclic) bond motifs is 2. The molecular weight excluding hydrogens is 384 g/mol. The second-order valence-electron chi connectivity index (χ2n) is 7.84. The lowest BCUT2D eigenvalue weighted by molar-refractivity contribution is 0.357. The van der Waals surface area contributed by atoms with Crippen LogP contribution in [0, 0.1) is 11.8 Å². The Bertz CT molecular complexity index is 1330. The maximum atomic E-state index is 10.9. The third kappa shape index (κ3) is 3.93. The summed E-state index contributed by atoms with van der Waals surface area (Å²) in [5, 5.41) is 22.8. The zero-order valence-corrected chi connectivity index (χ0v) is 17.1. The Morgan fingerprint density at radius 2 is 1.74 bits per heavy atom. The van der Waals surface area contributed by atoms with E-state index < -0.39 is 0 Å². The summed E-state index contributed by atoms with van der Waals surface area (Å²) in [5.74, 6) is 7.65. The molecule has 0 saturated carbocycles. The molecule has 0 unspecified atom stereocenters. The number of hydrogen-bond donors (Lipinski definition) is 2. The average molecular weight is 406 g/mol. The highest BCUT2D eigenvalue weighted by molar-refractivity contribution is 5.92. The van der Waals surface area contributed by atoms with Gasteiger partial charge in [-0.25, -0.2) is 0 Å². The first-order valence-electron chi connectivity index (χ1n) is 10.4. The van der Waals surface area contributed by atoms with Gasteiger partial charge >= 0.3 is 0 Å². The van der Waals surface area contributed by atoms with E-state index in [4.69, 9.17) is 4.74 Å². The van der Waals surface area contributed by atoms with Crippen LogP contribution in [-0.4, -0.2) is 16.8 Å². The molecule has 1 aliphatic rings. The van der Waals surface area contributed by atoms with Crippen LogP contribution in [0.15, 0.2) is 72.8 Å². The largest absolute Gasteiger partial charge is 0.507 e. The quantitative estimate of drug-likeness (QED) is 0.450. The minimum Gasteiger partial charge on any atom is -0.507 e. The van der Waals surface area contributed by atoms with Crippen molar-refractivity contribution in [1.82, 2.24) is 0 Å². The molecule has 0 radical (unpaired) electrons. The van der Waals surface area contributed by atoms with Gasteiger partial charge in [-0.15, -0.1) is 0 Å². The van der Waals surface area contributed by atoms with Crippen LogP contribution in [0.1, 0.15) is 27.8 Å². The second-order valence-corrected chi connectivity index (χ2v) is 7.84. The van der Waals surface area contributed by atoms with E-state index in [0.717, 1.165) is 35.3 Å². The van der Waals surface area contributed by atoms with Crippen molar-refractivity contribution in [2.45, 2.75) is 19.3 Å². The molecule has 0 aromatic heterocycles. The minimum atomic E-state index is 0.105. The number of phenols is 2. The molecule has 3 heteroatoms. The van der Waals surface area contributed by atoms with E-state index in [1.54, 1.807) is 6.07 Å².